The predicted molar refractivity (Wildman–Crippen MR) is 65.4 cm³/mol. The van der Waals surface area contributed by atoms with Gasteiger partial charge < -0.3 is 9.84 Å². The van der Waals surface area contributed by atoms with Crippen LogP contribution >= 0.6 is 11.6 Å². The van der Waals surface area contributed by atoms with Crippen LogP contribution in [0.5, 0.6) is 0 Å². The molecule has 1 aromatic carbocycles. The van der Waals surface area contributed by atoms with Gasteiger partial charge in [-0.15, -0.1) is 0 Å². The predicted octanol–water partition coefficient (Wildman–Crippen LogP) is 2.76. The summed E-state index contributed by atoms with van der Waals surface area (Å²) in [6.45, 7) is 1.64. The molecule has 0 bridgehead atoms. The number of anilines is 1. The van der Waals surface area contributed by atoms with Crippen LogP contribution in [0.4, 0.5) is 5.69 Å². The van der Waals surface area contributed by atoms with E-state index in [0.717, 1.165) is 0 Å². The van der Waals surface area contributed by atoms with Gasteiger partial charge in [-0.05, 0) is 25.1 Å². The Morgan fingerprint density at radius 1 is 1.56 bits per heavy atom. The zero-order valence-electron chi connectivity index (χ0n) is 9.40. The highest BCUT2D eigenvalue weighted by molar-refractivity contribution is 6.34. The number of nitriles is 1. The van der Waals surface area contributed by atoms with Gasteiger partial charge in [0, 0.05) is 0 Å². The molecule has 0 saturated carbocycles. The number of benzene rings is 1. The molecule has 0 radical (unpaired) electrons. The van der Waals surface area contributed by atoms with Crippen molar-refractivity contribution in [3.05, 3.63) is 46.3 Å². The van der Waals surface area contributed by atoms with E-state index in [9.17, 15) is 4.79 Å². The summed E-state index contributed by atoms with van der Waals surface area (Å²) in [7, 11) is 0. The number of aromatic nitrogens is 1. The Balaban J connectivity index is 2.23. The van der Waals surface area contributed by atoms with Gasteiger partial charge in [-0.25, -0.2) is 0 Å². The van der Waals surface area contributed by atoms with Gasteiger partial charge in [0.25, 0.3) is 5.91 Å². The van der Waals surface area contributed by atoms with E-state index in [1.54, 1.807) is 19.1 Å². The minimum Gasteiger partial charge on any atom is -0.361 e. The molecule has 1 aromatic heterocycles. The van der Waals surface area contributed by atoms with Crippen LogP contribution in [0, 0.1) is 18.3 Å². The lowest BCUT2D eigenvalue weighted by Crippen LogP contribution is -2.12. The summed E-state index contributed by atoms with van der Waals surface area (Å²) in [6, 6.07) is 6.59. The summed E-state index contributed by atoms with van der Waals surface area (Å²) in [6.07, 6.45) is 1.34. The minimum absolute atomic E-state index is 0.302. The van der Waals surface area contributed by atoms with Gasteiger partial charge in [-0.1, -0.05) is 16.8 Å². The zero-order valence-corrected chi connectivity index (χ0v) is 10.2. The second-order valence-electron chi connectivity index (χ2n) is 3.56. The molecule has 1 heterocycles. The van der Waals surface area contributed by atoms with Gasteiger partial charge in [-0.3, -0.25) is 4.79 Å². The molecule has 0 saturated heterocycles. The van der Waals surface area contributed by atoms with Crippen LogP contribution in [0.3, 0.4) is 0 Å². The van der Waals surface area contributed by atoms with Crippen molar-refractivity contribution >= 4 is 23.2 Å². The quantitative estimate of drug-likeness (QED) is 0.901. The average molecular weight is 262 g/mol. The molecule has 18 heavy (non-hydrogen) atoms. The summed E-state index contributed by atoms with van der Waals surface area (Å²) in [4.78, 5) is 11.9. The van der Waals surface area contributed by atoms with Gasteiger partial charge in [0.15, 0.2) is 0 Å². The van der Waals surface area contributed by atoms with Crippen molar-refractivity contribution in [3.63, 3.8) is 0 Å². The van der Waals surface area contributed by atoms with Crippen molar-refractivity contribution in [3.8, 4) is 6.07 Å². The van der Waals surface area contributed by atoms with E-state index in [2.05, 4.69) is 10.5 Å². The first kappa shape index (κ1) is 12.1. The maximum Gasteiger partial charge on any atom is 0.260 e. The number of nitrogens with zero attached hydrogens (tertiary/aromatic N) is 2. The van der Waals surface area contributed by atoms with Crippen LogP contribution in [-0.2, 0) is 0 Å². The Kier molecular flexibility index (Phi) is 3.31. The van der Waals surface area contributed by atoms with Crippen LogP contribution in [0.2, 0.25) is 5.02 Å². The highest BCUT2D eigenvalue weighted by Gasteiger charge is 2.14. The Hall–Kier alpha value is -2.32. The van der Waals surface area contributed by atoms with Gasteiger partial charge in [0.05, 0.1) is 28.5 Å². The van der Waals surface area contributed by atoms with E-state index in [1.165, 1.54) is 12.3 Å². The molecule has 0 fully saturated rings. The fourth-order valence-corrected chi connectivity index (χ4v) is 1.62. The Bertz CT molecular complexity index is 643. The third-order valence-electron chi connectivity index (χ3n) is 2.34. The number of amides is 1. The Labute approximate surface area is 108 Å². The van der Waals surface area contributed by atoms with Gasteiger partial charge in [0.1, 0.15) is 11.3 Å². The number of carbonyl (C=O) groups excluding carboxylic acids is 1. The molecule has 5 nitrogen and oxygen atoms in total. The van der Waals surface area contributed by atoms with E-state index < -0.39 is 0 Å². The van der Waals surface area contributed by atoms with Crippen molar-refractivity contribution in [1.82, 2.24) is 5.16 Å². The first-order valence-electron chi connectivity index (χ1n) is 5.04. The molecule has 1 N–H and O–H groups in total. The summed E-state index contributed by atoms with van der Waals surface area (Å²) in [5.41, 5.74) is 1.20. The highest BCUT2D eigenvalue weighted by Crippen LogP contribution is 2.23. The molecule has 0 aliphatic rings. The molecule has 0 unspecified atom stereocenters. The molecule has 90 valence electrons. The second kappa shape index (κ2) is 4.90. The molecule has 2 rings (SSSR count). The number of aryl methyl sites for hydroxylation is 1. The lowest BCUT2D eigenvalue weighted by atomic mass is 10.2. The summed E-state index contributed by atoms with van der Waals surface area (Å²) in [5, 5.41) is 15.2. The first-order chi connectivity index (χ1) is 8.61. The number of hydrogen-bond acceptors (Lipinski definition) is 4. The summed E-state index contributed by atoms with van der Waals surface area (Å²) in [5.74, 6) is 0.0672. The smallest absolute Gasteiger partial charge is 0.260 e. The molecular weight excluding hydrogens is 254 g/mol. The van der Waals surface area contributed by atoms with Crippen LogP contribution in [0.1, 0.15) is 21.7 Å². The Morgan fingerprint density at radius 2 is 2.33 bits per heavy atom. The van der Waals surface area contributed by atoms with Crippen LogP contribution < -0.4 is 5.32 Å². The number of hydrogen-bond donors (Lipinski definition) is 1. The standard InChI is InChI=1S/C12H8ClN3O2/c1-7-9(6-15-18-7)12(17)16-11-3-2-8(5-14)4-10(11)13/h2-4,6H,1H3,(H,16,17). The van der Waals surface area contributed by atoms with Crippen LogP contribution in [-0.4, -0.2) is 11.1 Å². The monoisotopic (exact) mass is 261 g/mol. The van der Waals surface area contributed by atoms with Crippen molar-refractivity contribution in [2.45, 2.75) is 6.92 Å². The van der Waals surface area contributed by atoms with Crippen molar-refractivity contribution in [2.24, 2.45) is 0 Å². The largest absolute Gasteiger partial charge is 0.361 e. The maximum atomic E-state index is 11.9. The third kappa shape index (κ3) is 2.34. The molecule has 1 amide bonds. The van der Waals surface area contributed by atoms with E-state index >= 15 is 0 Å². The van der Waals surface area contributed by atoms with E-state index in [1.807, 2.05) is 6.07 Å². The molecule has 0 aliphatic heterocycles. The molecule has 0 spiro atoms. The fraction of sp³-hybridized carbons (Fsp3) is 0.0833. The molecule has 0 atom stereocenters. The normalized spacial score (nSPS) is 9.83. The topological polar surface area (TPSA) is 78.9 Å². The van der Waals surface area contributed by atoms with E-state index in [-0.39, 0.29) is 5.91 Å². The molecule has 2 aromatic rings. The van der Waals surface area contributed by atoms with Crippen molar-refractivity contribution < 1.29 is 9.32 Å². The van der Waals surface area contributed by atoms with Gasteiger partial charge >= 0.3 is 0 Å². The number of rotatable bonds is 2. The second-order valence-corrected chi connectivity index (χ2v) is 3.96. The lowest BCUT2D eigenvalue weighted by molar-refractivity contribution is 0.102. The molecular formula is C12H8ClN3O2. The van der Waals surface area contributed by atoms with Crippen LogP contribution in [0.25, 0.3) is 0 Å². The number of halogens is 1. The highest BCUT2D eigenvalue weighted by atomic mass is 35.5. The summed E-state index contributed by atoms with van der Waals surface area (Å²) < 4.78 is 4.80. The SMILES string of the molecule is Cc1oncc1C(=O)Nc1ccc(C#N)cc1Cl. The minimum atomic E-state index is -0.361. The summed E-state index contributed by atoms with van der Waals surface area (Å²) >= 11 is 5.95. The zero-order chi connectivity index (χ0) is 13.1. The first-order valence-corrected chi connectivity index (χ1v) is 5.42. The fourth-order valence-electron chi connectivity index (χ4n) is 1.39. The van der Waals surface area contributed by atoms with E-state index in [0.29, 0.717) is 27.6 Å². The lowest BCUT2D eigenvalue weighted by Gasteiger charge is -2.06. The number of carbonyl (C=O) groups is 1. The van der Waals surface area contributed by atoms with Crippen LogP contribution in [0.15, 0.2) is 28.9 Å². The third-order valence-corrected chi connectivity index (χ3v) is 2.65. The maximum absolute atomic E-state index is 11.9. The number of nitrogens with one attached hydrogen (secondary N) is 1. The van der Waals surface area contributed by atoms with Crippen molar-refractivity contribution in [1.29, 1.82) is 5.26 Å². The Morgan fingerprint density at radius 3 is 2.89 bits per heavy atom. The molecule has 0 aliphatic carbocycles. The van der Waals surface area contributed by atoms with Crippen molar-refractivity contribution in [2.75, 3.05) is 5.32 Å². The van der Waals surface area contributed by atoms with Gasteiger partial charge in [0.2, 0.25) is 0 Å². The van der Waals surface area contributed by atoms with E-state index in [4.69, 9.17) is 21.4 Å². The van der Waals surface area contributed by atoms with Gasteiger partial charge in [-0.2, -0.15) is 5.26 Å². The molecule has 6 heteroatoms. The average Bonchev–Trinajstić information content (AvgIpc) is 2.78.